The van der Waals surface area contributed by atoms with Crippen molar-refractivity contribution in [2.75, 3.05) is 46.9 Å². The number of likely N-dealkylation sites (N-methyl/N-ethyl adjacent to an activating group) is 2. The minimum atomic E-state index is -0.115. The van der Waals surface area contributed by atoms with E-state index in [4.69, 9.17) is 4.74 Å². The average Bonchev–Trinajstić information content (AvgIpc) is 2.42. The summed E-state index contributed by atoms with van der Waals surface area (Å²) in [6.07, 6.45) is 2.04. The lowest BCUT2D eigenvalue weighted by Crippen LogP contribution is -2.42. The third-order valence-corrected chi connectivity index (χ3v) is 3.29. The van der Waals surface area contributed by atoms with Crippen molar-refractivity contribution < 1.29 is 14.3 Å². The van der Waals surface area contributed by atoms with E-state index >= 15 is 0 Å². The Morgan fingerprint density at radius 1 is 1.21 bits per heavy atom. The quantitative estimate of drug-likeness (QED) is 0.720. The summed E-state index contributed by atoms with van der Waals surface area (Å²) in [6.45, 7) is 4.46. The van der Waals surface area contributed by atoms with Crippen molar-refractivity contribution in [1.82, 2.24) is 15.1 Å². The molecule has 0 radical (unpaired) electrons. The van der Waals surface area contributed by atoms with Gasteiger partial charge in [0.1, 0.15) is 6.61 Å². The van der Waals surface area contributed by atoms with Crippen molar-refractivity contribution in [2.24, 2.45) is 0 Å². The predicted octanol–water partition coefficient (Wildman–Crippen LogP) is -0.308. The summed E-state index contributed by atoms with van der Waals surface area (Å²) in [7, 11) is 3.37. The Balaban J connectivity index is 2.34. The molecular formula is C13H25N3O3. The van der Waals surface area contributed by atoms with Gasteiger partial charge in [0, 0.05) is 20.6 Å². The summed E-state index contributed by atoms with van der Waals surface area (Å²) >= 11 is 0. The molecule has 1 saturated heterocycles. The zero-order valence-electron chi connectivity index (χ0n) is 12.1. The molecular weight excluding hydrogens is 246 g/mol. The third-order valence-electron chi connectivity index (χ3n) is 3.29. The Bertz CT molecular complexity index is 302. The normalized spacial score (nSPS) is 16.2. The number of piperidine rings is 1. The van der Waals surface area contributed by atoms with Gasteiger partial charge in [-0.15, -0.1) is 0 Å². The van der Waals surface area contributed by atoms with Crippen molar-refractivity contribution in [3.8, 4) is 0 Å². The van der Waals surface area contributed by atoms with Gasteiger partial charge < -0.3 is 19.9 Å². The number of carbonyl (C=O) groups excluding carboxylic acids is 2. The van der Waals surface area contributed by atoms with E-state index in [2.05, 4.69) is 5.32 Å². The van der Waals surface area contributed by atoms with Crippen molar-refractivity contribution in [3.05, 3.63) is 0 Å². The van der Waals surface area contributed by atoms with Crippen LogP contribution in [0.2, 0.25) is 0 Å². The second-order valence-corrected chi connectivity index (χ2v) is 4.96. The molecule has 0 aromatic carbocycles. The third kappa shape index (κ3) is 5.57. The van der Waals surface area contributed by atoms with Gasteiger partial charge >= 0.3 is 0 Å². The summed E-state index contributed by atoms with van der Waals surface area (Å²) in [5.41, 5.74) is 0. The van der Waals surface area contributed by atoms with Crippen LogP contribution in [0.4, 0.5) is 0 Å². The van der Waals surface area contributed by atoms with Gasteiger partial charge in [-0.25, -0.2) is 0 Å². The molecule has 0 aromatic heterocycles. The Kier molecular flexibility index (Phi) is 6.80. The molecule has 0 aromatic rings. The van der Waals surface area contributed by atoms with E-state index in [9.17, 15) is 9.59 Å². The number of amides is 2. The van der Waals surface area contributed by atoms with E-state index in [1.165, 1.54) is 9.80 Å². The molecule has 110 valence electrons. The van der Waals surface area contributed by atoms with Crippen molar-refractivity contribution in [1.29, 1.82) is 0 Å². The second kappa shape index (κ2) is 8.12. The molecule has 1 N–H and O–H groups in total. The monoisotopic (exact) mass is 271 g/mol. The van der Waals surface area contributed by atoms with Gasteiger partial charge in [0.15, 0.2) is 0 Å². The first-order valence-electron chi connectivity index (χ1n) is 6.84. The van der Waals surface area contributed by atoms with E-state index in [0.29, 0.717) is 6.54 Å². The predicted molar refractivity (Wildman–Crippen MR) is 72.8 cm³/mol. The molecule has 1 rings (SSSR count). The van der Waals surface area contributed by atoms with Crippen molar-refractivity contribution >= 4 is 11.8 Å². The summed E-state index contributed by atoms with van der Waals surface area (Å²) in [5, 5.41) is 3.25. The van der Waals surface area contributed by atoms with Crippen LogP contribution in [-0.2, 0) is 14.3 Å². The molecule has 0 aliphatic carbocycles. The zero-order chi connectivity index (χ0) is 14.3. The molecule has 6 nitrogen and oxygen atoms in total. The molecule has 19 heavy (non-hydrogen) atoms. The lowest BCUT2D eigenvalue weighted by atomic mass is 10.1. The molecule has 2 amide bonds. The second-order valence-electron chi connectivity index (χ2n) is 4.96. The number of ether oxygens (including phenoxy) is 1. The summed E-state index contributed by atoms with van der Waals surface area (Å²) in [5.74, 6) is -0.187. The van der Waals surface area contributed by atoms with Crippen LogP contribution in [0.1, 0.15) is 19.8 Å². The van der Waals surface area contributed by atoms with E-state index in [0.717, 1.165) is 25.9 Å². The van der Waals surface area contributed by atoms with Crippen LogP contribution >= 0.6 is 0 Å². The fourth-order valence-corrected chi connectivity index (χ4v) is 1.92. The van der Waals surface area contributed by atoms with E-state index in [1.54, 1.807) is 14.1 Å². The number of rotatable bonds is 6. The molecule has 1 aliphatic heterocycles. The SMILES string of the molecule is CCN(CC(=O)N(C)C)C(=O)COC1CCNCC1. The molecule has 0 spiro atoms. The molecule has 1 fully saturated rings. The lowest BCUT2D eigenvalue weighted by molar-refractivity contribution is -0.143. The highest BCUT2D eigenvalue weighted by Gasteiger charge is 2.19. The Hall–Kier alpha value is -1.14. The van der Waals surface area contributed by atoms with Crippen LogP contribution in [0.15, 0.2) is 0 Å². The average molecular weight is 271 g/mol. The number of carbonyl (C=O) groups is 2. The summed E-state index contributed by atoms with van der Waals surface area (Å²) in [4.78, 5) is 26.6. The van der Waals surface area contributed by atoms with Crippen LogP contribution in [0.25, 0.3) is 0 Å². The number of hydrogen-bond donors (Lipinski definition) is 1. The number of nitrogens with zero attached hydrogens (tertiary/aromatic N) is 2. The maximum atomic E-state index is 12.0. The van der Waals surface area contributed by atoms with Crippen LogP contribution < -0.4 is 5.32 Å². The lowest BCUT2D eigenvalue weighted by Gasteiger charge is -2.25. The van der Waals surface area contributed by atoms with Crippen LogP contribution in [0, 0.1) is 0 Å². The van der Waals surface area contributed by atoms with Gasteiger partial charge in [-0.3, -0.25) is 9.59 Å². The highest BCUT2D eigenvalue weighted by atomic mass is 16.5. The number of nitrogens with one attached hydrogen (secondary N) is 1. The Morgan fingerprint density at radius 3 is 2.37 bits per heavy atom. The first-order valence-corrected chi connectivity index (χ1v) is 6.84. The largest absolute Gasteiger partial charge is 0.368 e. The maximum Gasteiger partial charge on any atom is 0.249 e. The molecule has 0 unspecified atom stereocenters. The first-order chi connectivity index (χ1) is 9.04. The smallest absolute Gasteiger partial charge is 0.249 e. The summed E-state index contributed by atoms with van der Waals surface area (Å²) in [6, 6.07) is 0. The molecule has 1 heterocycles. The highest BCUT2D eigenvalue weighted by molar-refractivity contribution is 5.85. The zero-order valence-corrected chi connectivity index (χ0v) is 12.1. The minimum absolute atomic E-state index is 0.0687. The standard InChI is InChI=1S/C13H25N3O3/c1-4-16(9-12(17)15(2)3)13(18)10-19-11-5-7-14-8-6-11/h11,14H,4-10H2,1-3H3. The fraction of sp³-hybridized carbons (Fsp3) is 0.846. The minimum Gasteiger partial charge on any atom is -0.368 e. The Morgan fingerprint density at radius 2 is 1.84 bits per heavy atom. The first kappa shape index (κ1) is 15.9. The molecule has 0 atom stereocenters. The van der Waals surface area contributed by atoms with Gasteiger partial charge in [-0.2, -0.15) is 0 Å². The fourth-order valence-electron chi connectivity index (χ4n) is 1.92. The van der Waals surface area contributed by atoms with E-state index in [1.807, 2.05) is 6.92 Å². The highest BCUT2D eigenvalue weighted by Crippen LogP contribution is 2.07. The van der Waals surface area contributed by atoms with Crippen LogP contribution in [0.5, 0.6) is 0 Å². The van der Waals surface area contributed by atoms with E-state index in [-0.39, 0.29) is 31.1 Å². The summed E-state index contributed by atoms with van der Waals surface area (Å²) < 4.78 is 5.61. The van der Waals surface area contributed by atoms with Crippen molar-refractivity contribution in [3.63, 3.8) is 0 Å². The molecule has 1 aliphatic rings. The molecule has 6 heteroatoms. The topological polar surface area (TPSA) is 61.9 Å². The maximum absolute atomic E-state index is 12.0. The molecule has 0 bridgehead atoms. The molecule has 0 saturated carbocycles. The van der Waals surface area contributed by atoms with Crippen LogP contribution in [0.3, 0.4) is 0 Å². The van der Waals surface area contributed by atoms with Gasteiger partial charge in [-0.1, -0.05) is 0 Å². The van der Waals surface area contributed by atoms with Crippen molar-refractivity contribution in [2.45, 2.75) is 25.9 Å². The van der Waals surface area contributed by atoms with Crippen LogP contribution in [-0.4, -0.2) is 74.6 Å². The number of hydrogen-bond acceptors (Lipinski definition) is 4. The Labute approximate surface area is 115 Å². The van der Waals surface area contributed by atoms with Gasteiger partial charge in [0.25, 0.3) is 0 Å². The van der Waals surface area contributed by atoms with Gasteiger partial charge in [-0.05, 0) is 32.9 Å². The van der Waals surface area contributed by atoms with E-state index < -0.39 is 0 Å². The van der Waals surface area contributed by atoms with Gasteiger partial charge in [0.05, 0.1) is 12.6 Å². The van der Waals surface area contributed by atoms with Gasteiger partial charge in [0.2, 0.25) is 11.8 Å².